The van der Waals surface area contributed by atoms with E-state index >= 15 is 0 Å². The van der Waals surface area contributed by atoms with E-state index in [0.29, 0.717) is 5.56 Å². The monoisotopic (exact) mass is 289 g/mol. The summed E-state index contributed by atoms with van der Waals surface area (Å²) in [5, 5.41) is 2.67. The highest BCUT2D eigenvalue weighted by Gasteiger charge is 2.21. The number of nitrogens with one attached hydrogen (secondary N) is 1. The molecule has 0 aliphatic carbocycles. The van der Waals surface area contributed by atoms with Crippen LogP contribution in [0.3, 0.4) is 0 Å². The molecule has 1 aliphatic rings. The lowest BCUT2D eigenvalue weighted by Crippen LogP contribution is -2.26. The van der Waals surface area contributed by atoms with Crippen LogP contribution in [0.5, 0.6) is 0 Å². The molecule has 0 bridgehead atoms. The molecule has 1 aromatic rings. The molecule has 2 rings (SSSR count). The minimum atomic E-state index is -0.0638. The van der Waals surface area contributed by atoms with Crippen LogP contribution in [0.1, 0.15) is 43.5 Å². The second-order valence-electron chi connectivity index (χ2n) is 6.27. The van der Waals surface area contributed by atoms with Crippen molar-refractivity contribution in [1.29, 1.82) is 0 Å². The fourth-order valence-corrected chi connectivity index (χ4v) is 3.13. The van der Waals surface area contributed by atoms with Crippen LogP contribution in [0.25, 0.3) is 0 Å². The van der Waals surface area contributed by atoms with Gasteiger partial charge in [0.15, 0.2) is 0 Å². The standard InChI is InChI=1S/C17H27N3O/c1-12(2)13-5-4-9-20(10-8-13)16-11-14(17(21)19-3)6-7-15(16)18/h6-7,11-13H,4-5,8-10,18H2,1-3H3,(H,19,21). The van der Waals surface area contributed by atoms with Crippen molar-refractivity contribution in [3.05, 3.63) is 23.8 Å². The minimum absolute atomic E-state index is 0.0638. The number of hydrogen-bond acceptors (Lipinski definition) is 3. The average molecular weight is 289 g/mol. The van der Waals surface area contributed by atoms with Gasteiger partial charge in [0.2, 0.25) is 0 Å². The largest absolute Gasteiger partial charge is 0.397 e. The average Bonchev–Trinajstić information content (AvgIpc) is 2.73. The van der Waals surface area contributed by atoms with E-state index in [4.69, 9.17) is 5.73 Å². The third kappa shape index (κ3) is 3.69. The summed E-state index contributed by atoms with van der Waals surface area (Å²) in [5.41, 5.74) is 8.56. The number of carbonyl (C=O) groups is 1. The van der Waals surface area contributed by atoms with E-state index in [9.17, 15) is 4.79 Å². The summed E-state index contributed by atoms with van der Waals surface area (Å²) in [6.07, 6.45) is 3.66. The molecule has 1 unspecified atom stereocenters. The van der Waals surface area contributed by atoms with Crippen molar-refractivity contribution in [2.45, 2.75) is 33.1 Å². The third-order valence-corrected chi connectivity index (χ3v) is 4.58. The number of benzene rings is 1. The second kappa shape index (κ2) is 6.83. The lowest BCUT2D eigenvalue weighted by molar-refractivity contribution is 0.0963. The molecule has 0 saturated carbocycles. The summed E-state index contributed by atoms with van der Waals surface area (Å²) in [6, 6.07) is 5.54. The number of rotatable bonds is 3. The van der Waals surface area contributed by atoms with Crippen molar-refractivity contribution in [3.63, 3.8) is 0 Å². The van der Waals surface area contributed by atoms with Gasteiger partial charge in [-0.3, -0.25) is 4.79 Å². The molecule has 1 saturated heterocycles. The summed E-state index contributed by atoms with van der Waals surface area (Å²) >= 11 is 0. The Morgan fingerprint density at radius 3 is 2.76 bits per heavy atom. The number of amides is 1. The van der Waals surface area contributed by atoms with Gasteiger partial charge in [-0.25, -0.2) is 0 Å². The molecule has 4 heteroatoms. The highest BCUT2D eigenvalue weighted by Crippen LogP contribution is 2.30. The molecule has 3 N–H and O–H groups in total. The maximum absolute atomic E-state index is 11.8. The Balaban J connectivity index is 2.19. The molecular formula is C17H27N3O. The van der Waals surface area contributed by atoms with Crippen molar-refractivity contribution in [2.24, 2.45) is 11.8 Å². The van der Waals surface area contributed by atoms with Gasteiger partial charge >= 0.3 is 0 Å². The molecule has 116 valence electrons. The highest BCUT2D eigenvalue weighted by atomic mass is 16.1. The van der Waals surface area contributed by atoms with Crippen molar-refractivity contribution in [1.82, 2.24) is 5.32 Å². The van der Waals surface area contributed by atoms with Gasteiger partial charge in [-0.2, -0.15) is 0 Å². The van der Waals surface area contributed by atoms with Crippen LogP contribution in [0.2, 0.25) is 0 Å². The van der Waals surface area contributed by atoms with Crippen molar-refractivity contribution in [2.75, 3.05) is 30.8 Å². The third-order valence-electron chi connectivity index (χ3n) is 4.58. The van der Waals surface area contributed by atoms with Crippen molar-refractivity contribution >= 4 is 17.3 Å². The topological polar surface area (TPSA) is 58.4 Å². The molecular weight excluding hydrogens is 262 g/mol. The van der Waals surface area contributed by atoms with Crippen molar-refractivity contribution in [3.8, 4) is 0 Å². The van der Waals surface area contributed by atoms with E-state index in [0.717, 1.165) is 36.3 Å². The van der Waals surface area contributed by atoms with Crippen LogP contribution < -0.4 is 16.0 Å². The van der Waals surface area contributed by atoms with Gasteiger partial charge in [0, 0.05) is 25.7 Å². The number of nitrogen functional groups attached to an aromatic ring is 1. The second-order valence-corrected chi connectivity index (χ2v) is 6.27. The molecule has 1 heterocycles. The summed E-state index contributed by atoms with van der Waals surface area (Å²) in [5.74, 6) is 1.46. The first-order valence-electron chi connectivity index (χ1n) is 7.89. The molecule has 1 fully saturated rings. The first kappa shape index (κ1) is 15.7. The Morgan fingerprint density at radius 1 is 1.33 bits per heavy atom. The first-order chi connectivity index (χ1) is 10.0. The smallest absolute Gasteiger partial charge is 0.251 e. The van der Waals surface area contributed by atoms with Gasteiger partial charge in [0.1, 0.15) is 0 Å². The molecule has 0 radical (unpaired) electrons. The molecule has 1 atom stereocenters. The maximum Gasteiger partial charge on any atom is 0.251 e. The maximum atomic E-state index is 11.8. The summed E-state index contributed by atoms with van der Waals surface area (Å²) in [7, 11) is 1.65. The van der Waals surface area contributed by atoms with Gasteiger partial charge in [-0.1, -0.05) is 13.8 Å². The SMILES string of the molecule is CNC(=O)c1ccc(N)c(N2CCCC(C(C)C)CC2)c1. The summed E-state index contributed by atoms with van der Waals surface area (Å²) in [6.45, 7) is 6.65. The quantitative estimate of drug-likeness (QED) is 0.841. The number of nitrogens with two attached hydrogens (primary N) is 1. The zero-order chi connectivity index (χ0) is 15.4. The Hall–Kier alpha value is -1.71. The van der Waals surface area contributed by atoms with E-state index in [1.54, 1.807) is 13.1 Å². The Labute approximate surface area is 127 Å². The Kier molecular flexibility index (Phi) is 5.10. The number of carbonyl (C=O) groups excluding carboxylic acids is 1. The van der Waals surface area contributed by atoms with Gasteiger partial charge < -0.3 is 16.0 Å². The van der Waals surface area contributed by atoms with Crippen LogP contribution in [0, 0.1) is 11.8 Å². The van der Waals surface area contributed by atoms with Gasteiger partial charge in [-0.05, 0) is 49.3 Å². The normalized spacial score (nSPS) is 19.4. The molecule has 21 heavy (non-hydrogen) atoms. The van der Waals surface area contributed by atoms with Gasteiger partial charge in [-0.15, -0.1) is 0 Å². The van der Waals surface area contributed by atoms with E-state index in [1.165, 1.54) is 19.3 Å². The van der Waals surface area contributed by atoms with Crippen LogP contribution in [0.15, 0.2) is 18.2 Å². The van der Waals surface area contributed by atoms with Crippen LogP contribution in [-0.4, -0.2) is 26.0 Å². The molecule has 0 aromatic heterocycles. The van der Waals surface area contributed by atoms with Gasteiger partial charge in [0.05, 0.1) is 11.4 Å². The zero-order valence-electron chi connectivity index (χ0n) is 13.4. The van der Waals surface area contributed by atoms with E-state index in [2.05, 4.69) is 24.1 Å². The number of hydrogen-bond donors (Lipinski definition) is 2. The van der Waals surface area contributed by atoms with Gasteiger partial charge in [0.25, 0.3) is 5.91 Å². The Bertz CT molecular complexity index is 499. The fraction of sp³-hybridized carbons (Fsp3) is 0.588. The summed E-state index contributed by atoms with van der Waals surface area (Å²) < 4.78 is 0. The van der Waals surface area contributed by atoms with Crippen molar-refractivity contribution < 1.29 is 4.79 Å². The van der Waals surface area contributed by atoms with E-state index in [-0.39, 0.29) is 5.91 Å². The van der Waals surface area contributed by atoms with Crippen LogP contribution >= 0.6 is 0 Å². The fourth-order valence-electron chi connectivity index (χ4n) is 3.13. The van der Waals surface area contributed by atoms with Crippen LogP contribution in [0.4, 0.5) is 11.4 Å². The molecule has 4 nitrogen and oxygen atoms in total. The number of anilines is 2. The molecule has 1 aromatic carbocycles. The summed E-state index contributed by atoms with van der Waals surface area (Å²) in [4.78, 5) is 14.1. The van der Waals surface area contributed by atoms with E-state index < -0.39 is 0 Å². The molecule has 1 amide bonds. The lowest BCUT2D eigenvalue weighted by atomic mass is 9.89. The molecule has 0 spiro atoms. The number of nitrogens with zero attached hydrogens (tertiary/aromatic N) is 1. The lowest BCUT2D eigenvalue weighted by Gasteiger charge is -2.25. The van der Waals surface area contributed by atoms with Crippen LogP contribution in [-0.2, 0) is 0 Å². The predicted molar refractivity (Wildman–Crippen MR) is 88.6 cm³/mol. The predicted octanol–water partition coefficient (Wildman–Crippen LogP) is 2.89. The minimum Gasteiger partial charge on any atom is -0.397 e. The highest BCUT2D eigenvalue weighted by molar-refractivity contribution is 5.96. The Morgan fingerprint density at radius 2 is 2.10 bits per heavy atom. The molecule has 1 aliphatic heterocycles. The van der Waals surface area contributed by atoms with E-state index in [1.807, 2.05) is 12.1 Å². The zero-order valence-corrected chi connectivity index (χ0v) is 13.4. The first-order valence-corrected chi connectivity index (χ1v) is 7.89.